The molecule has 3 fully saturated rings. The molecule has 7 nitrogen and oxygen atoms in total. The number of para-hydroxylation sites is 1. The van der Waals surface area contributed by atoms with Gasteiger partial charge in [-0.3, -0.25) is 4.79 Å². The van der Waals surface area contributed by atoms with Crippen LogP contribution in [0.5, 0.6) is 0 Å². The van der Waals surface area contributed by atoms with E-state index < -0.39 is 5.54 Å². The van der Waals surface area contributed by atoms with Gasteiger partial charge in [0.25, 0.3) is 0 Å². The van der Waals surface area contributed by atoms with Gasteiger partial charge in [-0.05, 0) is 75.6 Å². The highest BCUT2D eigenvalue weighted by atomic mass is 16.5. The number of nitrogens with zero attached hydrogens (tertiary/aromatic N) is 3. The topological polar surface area (TPSA) is 65.1 Å². The van der Waals surface area contributed by atoms with E-state index in [9.17, 15) is 9.59 Å². The van der Waals surface area contributed by atoms with E-state index in [0.29, 0.717) is 18.8 Å². The fourth-order valence-electron chi connectivity index (χ4n) is 5.50. The number of anilines is 1. The summed E-state index contributed by atoms with van der Waals surface area (Å²) in [4.78, 5) is 33.0. The number of rotatable bonds is 5. The molecule has 3 saturated heterocycles. The van der Waals surface area contributed by atoms with Gasteiger partial charge in [0.1, 0.15) is 11.6 Å². The van der Waals surface area contributed by atoms with Crippen LogP contribution in [0.1, 0.15) is 41.6 Å². The van der Waals surface area contributed by atoms with Crippen LogP contribution in [0, 0.1) is 0 Å². The van der Waals surface area contributed by atoms with Crippen LogP contribution in [0.4, 0.5) is 5.69 Å². The molecule has 1 spiro atoms. The van der Waals surface area contributed by atoms with Crippen molar-refractivity contribution in [3.63, 3.8) is 0 Å². The number of nitrogens with one attached hydrogen (secondary N) is 1. The molecule has 0 aliphatic carbocycles. The van der Waals surface area contributed by atoms with Gasteiger partial charge in [0.05, 0.1) is 12.2 Å². The number of hydrogen-bond donors (Lipinski definition) is 1. The Morgan fingerprint density at radius 1 is 1.06 bits per heavy atom. The summed E-state index contributed by atoms with van der Waals surface area (Å²) < 4.78 is 5.78. The van der Waals surface area contributed by atoms with Crippen molar-refractivity contribution in [2.75, 3.05) is 44.8 Å². The van der Waals surface area contributed by atoms with E-state index >= 15 is 0 Å². The first-order valence-corrected chi connectivity index (χ1v) is 12.4. The molecule has 34 heavy (non-hydrogen) atoms. The fraction of sp³-hybridized carbons (Fsp3) is 0.481. The third-order valence-electron chi connectivity index (χ3n) is 7.49. The van der Waals surface area contributed by atoms with E-state index in [1.54, 1.807) is 6.07 Å². The minimum absolute atomic E-state index is 0.0216. The predicted molar refractivity (Wildman–Crippen MR) is 132 cm³/mol. The van der Waals surface area contributed by atoms with Crippen molar-refractivity contribution in [1.29, 1.82) is 0 Å². The van der Waals surface area contributed by atoms with E-state index in [-0.39, 0.29) is 18.0 Å². The van der Waals surface area contributed by atoms with Crippen LogP contribution in [0.25, 0.3) is 0 Å². The molecule has 0 aromatic heterocycles. The Balaban J connectivity index is 1.31. The van der Waals surface area contributed by atoms with E-state index in [1.165, 1.54) is 0 Å². The molecule has 7 heteroatoms. The SMILES string of the molecule is CN1CCC(OC(=O)c2cccc(CN3CN(c4ccccc4)C4(CCNCC4)C3=O)c2)CC1. The Kier molecular flexibility index (Phi) is 6.57. The van der Waals surface area contributed by atoms with Crippen molar-refractivity contribution >= 4 is 17.6 Å². The number of hydrogen-bond acceptors (Lipinski definition) is 6. The number of amides is 1. The van der Waals surface area contributed by atoms with Crippen LogP contribution in [-0.4, -0.2) is 73.2 Å². The molecule has 2 aromatic rings. The average Bonchev–Trinajstić information content (AvgIpc) is 3.12. The highest BCUT2D eigenvalue weighted by molar-refractivity contribution is 5.94. The second-order valence-corrected chi connectivity index (χ2v) is 9.80. The third-order valence-corrected chi connectivity index (χ3v) is 7.49. The molecule has 0 atom stereocenters. The number of piperidine rings is 2. The summed E-state index contributed by atoms with van der Waals surface area (Å²) in [5, 5.41) is 3.40. The van der Waals surface area contributed by atoms with Crippen LogP contribution < -0.4 is 10.2 Å². The molecule has 180 valence electrons. The highest BCUT2D eigenvalue weighted by Crippen LogP contribution is 2.38. The normalized spacial score (nSPS) is 21.3. The van der Waals surface area contributed by atoms with E-state index in [4.69, 9.17) is 4.74 Å². The van der Waals surface area contributed by atoms with Gasteiger partial charge in [0.2, 0.25) is 5.91 Å². The molecule has 3 aliphatic rings. The number of carbonyl (C=O) groups excluding carboxylic acids is 2. The number of ether oxygens (including phenoxy) is 1. The molecule has 5 rings (SSSR count). The first-order valence-electron chi connectivity index (χ1n) is 12.4. The quantitative estimate of drug-likeness (QED) is 0.690. The van der Waals surface area contributed by atoms with Gasteiger partial charge >= 0.3 is 5.97 Å². The summed E-state index contributed by atoms with van der Waals surface area (Å²) in [6.45, 7) is 4.59. The molecule has 1 N–H and O–H groups in total. The summed E-state index contributed by atoms with van der Waals surface area (Å²) >= 11 is 0. The molecular weight excluding hydrogens is 428 g/mol. The first-order chi connectivity index (χ1) is 16.5. The molecule has 3 heterocycles. The lowest BCUT2D eigenvalue weighted by molar-refractivity contribution is -0.133. The molecule has 3 aliphatic heterocycles. The second kappa shape index (κ2) is 9.76. The van der Waals surface area contributed by atoms with Crippen molar-refractivity contribution in [2.24, 2.45) is 0 Å². The summed E-state index contributed by atoms with van der Waals surface area (Å²) in [5.41, 5.74) is 2.08. The second-order valence-electron chi connectivity index (χ2n) is 9.80. The maximum absolute atomic E-state index is 13.7. The minimum Gasteiger partial charge on any atom is -0.459 e. The average molecular weight is 463 g/mol. The van der Waals surface area contributed by atoms with Crippen molar-refractivity contribution in [3.8, 4) is 0 Å². The van der Waals surface area contributed by atoms with Gasteiger partial charge in [-0.1, -0.05) is 30.3 Å². The minimum atomic E-state index is -0.503. The lowest BCUT2D eigenvalue weighted by Gasteiger charge is -2.40. The number of benzene rings is 2. The van der Waals surface area contributed by atoms with E-state index in [0.717, 1.165) is 63.1 Å². The Hall–Kier alpha value is -2.90. The van der Waals surface area contributed by atoms with Crippen LogP contribution in [0.2, 0.25) is 0 Å². The van der Waals surface area contributed by atoms with Gasteiger partial charge < -0.3 is 24.8 Å². The molecule has 0 unspecified atom stereocenters. The molecule has 1 amide bonds. The Labute approximate surface area is 201 Å². The predicted octanol–water partition coefficient (Wildman–Crippen LogP) is 2.87. The van der Waals surface area contributed by atoms with Crippen molar-refractivity contribution in [1.82, 2.24) is 15.1 Å². The summed E-state index contributed by atoms with van der Waals surface area (Å²) in [5.74, 6) is -0.0953. The lowest BCUT2D eigenvalue weighted by Crippen LogP contribution is -2.55. The number of esters is 1. The standard InChI is InChI=1S/C27H34N4O3/c1-29-16-10-24(11-17-29)34-25(32)22-7-5-6-21(18-22)19-30-20-31(23-8-3-2-4-9-23)27(26(30)33)12-14-28-15-13-27/h2-9,18,24,28H,10-17,19-20H2,1H3. The Morgan fingerprint density at radius 3 is 2.53 bits per heavy atom. The van der Waals surface area contributed by atoms with Gasteiger partial charge in [-0.25, -0.2) is 4.79 Å². The zero-order chi connectivity index (χ0) is 23.5. The summed E-state index contributed by atoms with van der Waals surface area (Å²) in [7, 11) is 2.09. The zero-order valence-electron chi connectivity index (χ0n) is 19.9. The van der Waals surface area contributed by atoms with Gasteiger partial charge in [-0.15, -0.1) is 0 Å². The van der Waals surface area contributed by atoms with Gasteiger partial charge in [-0.2, -0.15) is 0 Å². The molecule has 0 saturated carbocycles. The molecule has 2 aromatic carbocycles. The first kappa shape index (κ1) is 22.9. The largest absolute Gasteiger partial charge is 0.459 e. The van der Waals surface area contributed by atoms with Crippen LogP contribution >= 0.6 is 0 Å². The summed E-state index contributed by atoms with van der Waals surface area (Å²) in [6.07, 6.45) is 3.31. The van der Waals surface area contributed by atoms with Crippen molar-refractivity contribution < 1.29 is 14.3 Å². The van der Waals surface area contributed by atoms with E-state index in [2.05, 4.69) is 34.3 Å². The monoisotopic (exact) mass is 462 g/mol. The lowest BCUT2D eigenvalue weighted by atomic mass is 9.86. The van der Waals surface area contributed by atoms with E-state index in [1.807, 2.05) is 41.3 Å². The fourth-order valence-corrected chi connectivity index (χ4v) is 5.50. The zero-order valence-corrected chi connectivity index (χ0v) is 19.9. The molecule has 0 bridgehead atoms. The van der Waals surface area contributed by atoms with Crippen molar-refractivity contribution in [2.45, 2.75) is 43.9 Å². The Morgan fingerprint density at radius 2 is 1.79 bits per heavy atom. The van der Waals surface area contributed by atoms with Crippen molar-refractivity contribution in [3.05, 3.63) is 65.7 Å². The maximum atomic E-state index is 13.7. The van der Waals surface area contributed by atoms with Crippen LogP contribution in [0.3, 0.4) is 0 Å². The third kappa shape index (κ3) is 4.55. The summed E-state index contributed by atoms with van der Waals surface area (Å²) in [6, 6.07) is 17.8. The van der Waals surface area contributed by atoms with Crippen LogP contribution in [0.15, 0.2) is 54.6 Å². The number of likely N-dealkylation sites (tertiary alicyclic amines) is 1. The van der Waals surface area contributed by atoms with Gasteiger partial charge in [0, 0.05) is 25.3 Å². The smallest absolute Gasteiger partial charge is 0.338 e. The maximum Gasteiger partial charge on any atom is 0.338 e. The van der Waals surface area contributed by atoms with Crippen LogP contribution in [-0.2, 0) is 16.1 Å². The Bertz CT molecular complexity index is 1010. The number of carbonyl (C=O) groups is 2. The highest BCUT2D eigenvalue weighted by Gasteiger charge is 2.52. The van der Waals surface area contributed by atoms with Gasteiger partial charge in [0.15, 0.2) is 0 Å². The molecular formula is C27H34N4O3. The molecule has 0 radical (unpaired) electrons.